The molecule has 1 unspecified atom stereocenters. The van der Waals surface area contributed by atoms with Crippen molar-refractivity contribution in [2.75, 3.05) is 26.3 Å². The van der Waals surface area contributed by atoms with Crippen LogP contribution < -0.4 is 10.6 Å². The van der Waals surface area contributed by atoms with Gasteiger partial charge in [-0.3, -0.25) is 19.8 Å². The average Bonchev–Trinajstić information content (AvgIpc) is 3.33. The van der Waals surface area contributed by atoms with Crippen LogP contribution in [-0.2, 0) is 19.7 Å². The molecular weight excluding hydrogens is 485 g/mol. The van der Waals surface area contributed by atoms with E-state index in [9.17, 15) is 27.6 Å². The summed E-state index contributed by atoms with van der Waals surface area (Å²) in [5.41, 5.74) is 0.0792. The minimum atomic E-state index is -5.12. The maximum Gasteiger partial charge on any atom is 0.471 e. The number of carbonyl (C=O) groups excluding carboxylic acids is 3. The Kier molecular flexibility index (Phi) is 7.96. The molecule has 2 heterocycles. The molecule has 1 aliphatic heterocycles. The van der Waals surface area contributed by atoms with Crippen molar-refractivity contribution in [3.05, 3.63) is 57.8 Å². The minimum Gasteiger partial charge on any atom is -0.377 e. The van der Waals surface area contributed by atoms with Crippen molar-refractivity contribution in [3.63, 3.8) is 0 Å². The molecule has 8 nitrogen and oxygen atoms in total. The molecule has 0 radical (unpaired) electrons. The molecule has 1 fully saturated rings. The second kappa shape index (κ2) is 10.6. The van der Waals surface area contributed by atoms with Crippen LogP contribution in [-0.4, -0.2) is 67.0 Å². The summed E-state index contributed by atoms with van der Waals surface area (Å²) in [4.78, 5) is 38.9. The summed E-state index contributed by atoms with van der Waals surface area (Å²) < 4.78 is 42.7. The fraction of sp³-hybridized carbons (Fsp3) is 0.391. The third-order valence-corrected chi connectivity index (χ3v) is 6.69. The molecule has 3 amide bonds. The van der Waals surface area contributed by atoms with E-state index in [1.807, 2.05) is 44.2 Å². The van der Waals surface area contributed by atoms with Crippen molar-refractivity contribution in [3.8, 4) is 0 Å². The summed E-state index contributed by atoms with van der Waals surface area (Å²) >= 11 is 0.767. The van der Waals surface area contributed by atoms with Crippen molar-refractivity contribution in [1.82, 2.24) is 15.5 Å². The zero-order valence-electron chi connectivity index (χ0n) is 19.1. The van der Waals surface area contributed by atoms with E-state index in [0.29, 0.717) is 13.2 Å². The summed E-state index contributed by atoms with van der Waals surface area (Å²) in [5, 5.41) is 11.8. The standard InChI is InChI=1S/C23H25F3N4O4S/c1-22(2,14-6-4-3-5-7-14)21(33)30-10-11-34-13-15(30)12-28-19(31)17-9-8-16(35-17)18(27)29-20(32)23(24,25)26/h3-9,15H,10-13H2,1-2H3,(H,28,31)(H2,27,29,32). The average molecular weight is 511 g/mol. The number of nitrogens with zero attached hydrogens (tertiary/aromatic N) is 1. The molecule has 2 aromatic rings. The third kappa shape index (κ3) is 6.25. The molecule has 12 heteroatoms. The zero-order valence-corrected chi connectivity index (χ0v) is 19.9. The van der Waals surface area contributed by atoms with Crippen molar-refractivity contribution in [2.24, 2.45) is 0 Å². The molecule has 1 aliphatic rings. The molecule has 0 bridgehead atoms. The fourth-order valence-electron chi connectivity index (χ4n) is 3.57. The Labute approximate surface area is 204 Å². The van der Waals surface area contributed by atoms with Gasteiger partial charge in [-0.15, -0.1) is 11.3 Å². The van der Waals surface area contributed by atoms with E-state index in [0.717, 1.165) is 16.9 Å². The Bertz CT molecular complexity index is 1100. The highest BCUT2D eigenvalue weighted by Crippen LogP contribution is 2.27. The number of thiophene rings is 1. The number of nitrogens with one attached hydrogen (secondary N) is 3. The number of amides is 3. The molecule has 1 aromatic carbocycles. The first kappa shape index (κ1) is 26.4. The third-order valence-electron chi connectivity index (χ3n) is 5.59. The summed E-state index contributed by atoms with van der Waals surface area (Å²) in [6.07, 6.45) is -5.12. The van der Waals surface area contributed by atoms with Crippen LogP contribution in [0.4, 0.5) is 13.2 Å². The Morgan fingerprint density at radius 3 is 2.43 bits per heavy atom. The molecule has 0 spiro atoms. The van der Waals surface area contributed by atoms with Crippen LogP contribution in [0, 0.1) is 5.41 Å². The number of benzene rings is 1. The molecule has 0 saturated carbocycles. The second-order valence-electron chi connectivity index (χ2n) is 8.42. The van der Waals surface area contributed by atoms with Crippen molar-refractivity contribution < 1.29 is 32.3 Å². The summed E-state index contributed by atoms with van der Waals surface area (Å²) in [7, 11) is 0. The van der Waals surface area contributed by atoms with E-state index < -0.39 is 35.3 Å². The quantitative estimate of drug-likeness (QED) is 0.410. The lowest BCUT2D eigenvalue weighted by molar-refractivity contribution is -0.171. The van der Waals surface area contributed by atoms with E-state index in [1.165, 1.54) is 17.4 Å². The highest BCUT2D eigenvalue weighted by atomic mass is 32.1. The summed E-state index contributed by atoms with van der Waals surface area (Å²) in [6, 6.07) is 11.6. The Balaban J connectivity index is 1.63. The van der Waals surface area contributed by atoms with E-state index in [2.05, 4.69) is 5.32 Å². The van der Waals surface area contributed by atoms with Gasteiger partial charge in [-0.1, -0.05) is 30.3 Å². The molecule has 188 valence electrons. The number of hydrogen-bond donors (Lipinski definition) is 3. The molecule has 35 heavy (non-hydrogen) atoms. The lowest BCUT2D eigenvalue weighted by atomic mass is 9.82. The normalized spacial score (nSPS) is 16.5. The molecule has 0 aliphatic carbocycles. The first-order valence-corrected chi connectivity index (χ1v) is 11.5. The smallest absolute Gasteiger partial charge is 0.377 e. The molecule has 3 rings (SSSR count). The SMILES string of the molecule is CC(C)(C(=O)N1CCOCC1CNC(=O)c1ccc(C(=N)NC(=O)C(F)(F)F)s1)c1ccccc1. The monoisotopic (exact) mass is 510 g/mol. The molecular formula is C23H25F3N4O4S. The fourth-order valence-corrected chi connectivity index (χ4v) is 4.39. The van der Waals surface area contributed by atoms with Crippen molar-refractivity contribution in [1.29, 1.82) is 5.41 Å². The van der Waals surface area contributed by atoms with Gasteiger partial charge < -0.3 is 20.3 Å². The number of morpholine rings is 1. The molecule has 1 saturated heterocycles. The number of rotatable bonds is 6. The minimum absolute atomic E-state index is 0.00448. The predicted molar refractivity (Wildman–Crippen MR) is 123 cm³/mol. The van der Waals surface area contributed by atoms with Gasteiger partial charge >= 0.3 is 12.1 Å². The van der Waals surface area contributed by atoms with Gasteiger partial charge in [-0.25, -0.2) is 0 Å². The van der Waals surface area contributed by atoms with Crippen LogP contribution in [0.15, 0.2) is 42.5 Å². The van der Waals surface area contributed by atoms with Gasteiger partial charge in [0.25, 0.3) is 5.91 Å². The van der Waals surface area contributed by atoms with E-state index in [4.69, 9.17) is 10.1 Å². The second-order valence-corrected chi connectivity index (χ2v) is 9.50. The highest BCUT2D eigenvalue weighted by Gasteiger charge is 2.40. The summed E-state index contributed by atoms with van der Waals surface area (Å²) in [6.45, 7) is 4.77. The number of carbonyl (C=O) groups is 3. The van der Waals surface area contributed by atoms with Gasteiger partial charge in [0.1, 0.15) is 5.84 Å². The molecule has 3 N–H and O–H groups in total. The van der Waals surface area contributed by atoms with E-state index >= 15 is 0 Å². The first-order chi connectivity index (χ1) is 16.4. The van der Waals surface area contributed by atoms with Gasteiger partial charge in [0.15, 0.2) is 0 Å². The number of alkyl halides is 3. The van der Waals surface area contributed by atoms with Crippen LogP contribution in [0.25, 0.3) is 0 Å². The Morgan fingerprint density at radius 1 is 1.11 bits per heavy atom. The zero-order chi connectivity index (χ0) is 25.8. The van der Waals surface area contributed by atoms with Gasteiger partial charge in [-0.2, -0.15) is 13.2 Å². The predicted octanol–water partition coefficient (Wildman–Crippen LogP) is 2.69. The van der Waals surface area contributed by atoms with Crippen molar-refractivity contribution in [2.45, 2.75) is 31.5 Å². The van der Waals surface area contributed by atoms with Crippen LogP contribution >= 0.6 is 11.3 Å². The van der Waals surface area contributed by atoms with Crippen LogP contribution in [0.5, 0.6) is 0 Å². The maximum absolute atomic E-state index is 13.4. The van der Waals surface area contributed by atoms with Crippen LogP contribution in [0.3, 0.4) is 0 Å². The largest absolute Gasteiger partial charge is 0.471 e. The number of amidine groups is 1. The van der Waals surface area contributed by atoms with Crippen molar-refractivity contribution >= 4 is 34.9 Å². The van der Waals surface area contributed by atoms with Gasteiger partial charge in [-0.05, 0) is 31.5 Å². The molecule has 1 aromatic heterocycles. The maximum atomic E-state index is 13.4. The topological polar surface area (TPSA) is 112 Å². The van der Waals surface area contributed by atoms with E-state index in [-0.39, 0.29) is 28.8 Å². The molecule has 1 atom stereocenters. The number of hydrogen-bond acceptors (Lipinski definition) is 6. The summed E-state index contributed by atoms with van der Waals surface area (Å²) in [5.74, 6) is -3.63. The lowest BCUT2D eigenvalue weighted by Gasteiger charge is -2.40. The Morgan fingerprint density at radius 2 is 1.77 bits per heavy atom. The van der Waals surface area contributed by atoms with Crippen LogP contribution in [0.2, 0.25) is 0 Å². The van der Waals surface area contributed by atoms with Gasteiger partial charge in [0, 0.05) is 13.1 Å². The van der Waals surface area contributed by atoms with Gasteiger partial charge in [0.05, 0.1) is 34.4 Å². The Hall–Kier alpha value is -3.25. The van der Waals surface area contributed by atoms with Gasteiger partial charge in [0.2, 0.25) is 5.91 Å². The lowest BCUT2D eigenvalue weighted by Crippen LogP contribution is -2.57. The van der Waals surface area contributed by atoms with Crippen LogP contribution in [0.1, 0.15) is 34.0 Å². The van der Waals surface area contributed by atoms with E-state index in [1.54, 1.807) is 4.90 Å². The number of halogens is 3. The number of ether oxygens (including phenoxy) is 1. The highest BCUT2D eigenvalue weighted by molar-refractivity contribution is 7.16. The first-order valence-electron chi connectivity index (χ1n) is 10.7.